The van der Waals surface area contributed by atoms with Gasteiger partial charge in [-0.05, 0) is 66.9 Å². The van der Waals surface area contributed by atoms with Crippen LogP contribution in [0, 0.1) is 23.2 Å². The summed E-state index contributed by atoms with van der Waals surface area (Å²) >= 11 is 0. The minimum atomic E-state index is -0.110. The third-order valence-corrected chi connectivity index (χ3v) is 7.21. The summed E-state index contributed by atoms with van der Waals surface area (Å²) < 4.78 is 5.73. The Bertz CT molecular complexity index is 622. The molecule has 1 aromatic rings. The third kappa shape index (κ3) is 2.25. The van der Waals surface area contributed by atoms with Gasteiger partial charge in [0.05, 0.1) is 0 Å². The second kappa shape index (κ2) is 5.36. The van der Waals surface area contributed by atoms with Crippen LogP contribution in [0.25, 0.3) is 0 Å². The van der Waals surface area contributed by atoms with Crippen molar-refractivity contribution in [2.75, 3.05) is 0 Å². The second-order valence-electron chi connectivity index (χ2n) is 8.39. The summed E-state index contributed by atoms with van der Waals surface area (Å²) in [5.74, 6) is 2.79. The molecule has 2 fully saturated rings. The molecule has 3 aliphatic carbocycles. The van der Waals surface area contributed by atoms with Crippen molar-refractivity contribution in [3.63, 3.8) is 0 Å². The fourth-order valence-electron chi connectivity index (χ4n) is 6.26. The Morgan fingerprint density at radius 1 is 1.22 bits per heavy atom. The molecule has 2 nitrogen and oxygen atoms in total. The molecule has 0 spiro atoms. The van der Waals surface area contributed by atoms with Crippen molar-refractivity contribution >= 4 is 5.97 Å². The van der Waals surface area contributed by atoms with Gasteiger partial charge >= 0.3 is 5.97 Å². The minimum Gasteiger partial charge on any atom is -0.462 e. The molecule has 0 N–H and O–H groups in total. The Morgan fingerprint density at radius 2 is 2.00 bits per heavy atom. The van der Waals surface area contributed by atoms with Crippen LogP contribution in [0.3, 0.4) is 0 Å². The molecule has 3 aliphatic rings. The maximum absolute atomic E-state index is 11.5. The average molecular weight is 312 g/mol. The summed E-state index contributed by atoms with van der Waals surface area (Å²) in [5.41, 5.74) is 3.36. The van der Waals surface area contributed by atoms with Crippen LogP contribution in [-0.4, -0.2) is 12.1 Å². The quantitative estimate of drug-likeness (QED) is 0.701. The zero-order chi connectivity index (χ0) is 16.2. The zero-order valence-electron chi connectivity index (χ0n) is 14.5. The average Bonchev–Trinajstić information content (AvgIpc) is 2.83. The number of carbonyl (C=O) groups excluding carboxylic acids is 1. The lowest BCUT2D eigenvalue weighted by molar-refractivity contribution is -0.155. The molecule has 2 heteroatoms. The third-order valence-electron chi connectivity index (χ3n) is 7.21. The van der Waals surface area contributed by atoms with Crippen LogP contribution in [-0.2, 0) is 16.0 Å². The number of hydrogen-bond acceptors (Lipinski definition) is 2. The number of carbonyl (C=O) groups is 1. The number of rotatable bonds is 1. The van der Waals surface area contributed by atoms with Crippen LogP contribution >= 0.6 is 0 Å². The maximum atomic E-state index is 11.5. The molecule has 1 aromatic carbocycles. The van der Waals surface area contributed by atoms with Gasteiger partial charge in [0.25, 0.3) is 0 Å². The number of fused-ring (bicyclic) bond motifs is 5. The molecule has 0 amide bonds. The topological polar surface area (TPSA) is 26.3 Å². The number of esters is 1. The van der Waals surface area contributed by atoms with Gasteiger partial charge in [0, 0.05) is 12.3 Å². The molecule has 0 bridgehead atoms. The molecular weight excluding hydrogens is 284 g/mol. The zero-order valence-corrected chi connectivity index (χ0v) is 14.5. The van der Waals surface area contributed by atoms with Crippen molar-refractivity contribution in [1.29, 1.82) is 0 Å². The Morgan fingerprint density at radius 3 is 2.78 bits per heavy atom. The monoisotopic (exact) mass is 312 g/mol. The first-order chi connectivity index (χ1) is 11.0. The Kier molecular flexibility index (Phi) is 3.55. The number of benzene rings is 1. The highest BCUT2D eigenvalue weighted by molar-refractivity contribution is 5.66. The first-order valence-electron chi connectivity index (χ1n) is 9.25. The lowest BCUT2D eigenvalue weighted by Gasteiger charge is -2.52. The van der Waals surface area contributed by atoms with Gasteiger partial charge in [0.15, 0.2) is 0 Å². The molecule has 124 valence electrons. The summed E-state index contributed by atoms with van der Waals surface area (Å²) in [6, 6.07) is 9.08. The normalized spacial score (nSPS) is 41.6. The summed E-state index contributed by atoms with van der Waals surface area (Å²) in [4.78, 5) is 11.5. The van der Waals surface area contributed by atoms with Crippen LogP contribution in [0.1, 0.15) is 63.5 Å². The van der Waals surface area contributed by atoms with E-state index in [0.29, 0.717) is 11.8 Å². The Balaban J connectivity index is 1.68. The van der Waals surface area contributed by atoms with E-state index in [0.717, 1.165) is 18.3 Å². The van der Waals surface area contributed by atoms with Gasteiger partial charge in [0.1, 0.15) is 6.10 Å². The molecule has 0 radical (unpaired) electrons. The first-order valence-corrected chi connectivity index (χ1v) is 9.25. The Hall–Kier alpha value is -1.31. The van der Waals surface area contributed by atoms with Crippen molar-refractivity contribution in [2.45, 2.75) is 64.9 Å². The Labute approximate surface area is 139 Å². The highest BCUT2D eigenvalue weighted by Crippen LogP contribution is 2.62. The van der Waals surface area contributed by atoms with Crippen molar-refractivity contribution in [3.8, 4) is 0 Å². The summed E-state index contributed by atoms with van der Waals surface area (Å²) in [7, 11) is 0. The lowest BCUT2D eigenvalue weighted by atomic mass is 9.53. The van der Waals surface area contributed by atoms with Gasteiger partial charge < -0.3 is 4.74 Å². The number of hydrogen-bond donors (Lipinski definition) is 0. The molecular formula is C21H28O2. The van der Waals surface area contributed by atoms with Gasteiger partial charge in [-0.2, -0.15) is 0 Å². The predicted octanol–water partition coefficient (Wildman–Crippen LogP) is 4.72. The number of ether oxygens (including phenoxy) is 1. The van der Waals surface area contributed by atoms with Crippen LogP contribution in [0.5, 0.6) is 0 Å². The molecule has 6 atom stereocenters. The van der Waals surface area contributed by atoms with Gasteiger partial charge in [-0.25, -0.2) is 0 Å². The second-order valence-corrected chi connectivity index (χ2v) is 8.39. The lowest BCUT2D eigenvalue weighted by Crippen LogP contribution is -2.47. The molecule has 2 saturated carbocycles. The van der Waals surface area contributed by atoms with E-state index in [1.165, 1.54) is 25.7 Å². The molecule has 0 aliphatic heterocycles. The molecule has 0 aromatic heterocycles. The largest absolute Gasteiger partial charge is 0.462 e. The van der Waals surface area contributed by atoms with E-state index in [1.807, 2.05) is 0 Å². The molecule has 0 heterocycles. The van der Waals surface area contributed by atoms with E-state index in [-0.39, 0.29) is 17.5 Å². The van der Waals surface area contributed by atoms with Gasteiger partial charge in [-0.1, -0.05) is 38.1 Å². The van der Waals surface area contributed by atoms with Crippen molar-refractivity contribution < 1.29 is 9.53 Å². The van der Waals surface area contributed by atoms with Crippen LogP contribution in [0.4, 0.5) is 0 Å². The smallest absolute Gasteiger partial charge is 0.302 e. The van der Waals surface area contributed by atoms with Crippen LogP contribution < -0.4 is 0 Å². The fraction of sp³-hybridized carbons (Fsp3) is 0.667. The van der Waals surface area contributed by atoms with Crippen molar-refractivity contribution in [1.82, 2.24) is 0 Å². The minimum absolute atomic E-state index is 0.110. The summed E-state index contributed by atoms with van der Waals surface area (Å²) in [6.45, 7) is 6.39. The van der Waals surface area contributed by atoms with Gasteiger partial charge in [-0.15, -0.1) is 0 Å². The fourth-order valence-corrected chi connectivity index (χ4v) is 6.26. The maximum Gasteiger partial charge on any atom is 0.302 e. The molecule has 4 rings (SSSR count). The van der Waals surface area contributed by atoms with E-state index in [9.17, 15) is 4.79 Å². The van der Waals surface area contributed by atoms with Crippen molar-refractivity contribution in [2.24, 2.45) is 23.2 Å². The molecule has 5 unspecified atom stereocenters. The molecule has 0 saturated heterocycles. The highest BCUT2D eigenvalue weighted by atomic mass is 16.5. The van der Waals surface area contributed by atoms with Crippen LogP contribution in [0.15, 0.2) is 24.3 Å². The summed E-state index contributed by atoms with van der Waals surface area (Å²) in [5, 5.41) is 0. The van der Waals surface area contributed by atoms with E-state index in [4.69, 9.17) is 4.74 Å². The summed E-state index contributed by atoms with van der Waals surface area (Å²) in [6.07, 6.45) is 6.06. The molecule has 23 heavy (non-hydrogen) atoms. The standard InChI is InChI=1S/C21H28O2/c1-13-12-15-6-4-5-7-16(15)17-10-11-21(3)18(20(13)17)8-9-19(21)23-14(2)22/h4-7,13,17-20H,8-12H2,1-3H3/t13-,17?,18?,19?,20?,21?/m1/s1. The SMILES string of the molecule is CC(=O)OC1CCC2C3C(CCC12C)c1ccccc1C[C@H]3C. The van der Waals surface area contributed by atoms with E-state index >= 15 is 0 Å². The van der Waals surface area contributed by atoms with Crippen molar-refractivity contribution in [3.05, 3.63) is 35.4 Å². The first kappa shape index (κ1) is 15.2. The van der Waals surface area contributed by atoms with E-state index in [1.54, 1.807) is 18.1 Å². The van der Waals surface area contributed by atoms with Gasteiger partial charge in [0.2, 0.25) is 0 Å². The predicted molar refractivity (Wildman–Crippen MR) is 91.2 cm³/mol. The van der Waals surface area contributed by atoms with Gasteiger partial charge in [-0.3, -0.25) is 4.79 Å². The highest BCUT2D eigenvalue weighted by Gasteiger charge is 2.57. The van der Waals surface area contributed by atoms with E-state index in [2.05, 4.69) is 38.1 Å². The van der Waals surface area contributed by atoms with Crippen LogP contribution in [0.2, 0.25) is 0 Å². The van der Waals surface area contributed by atoms with E-state index < -0.39 is 0 Å².